The highest BCUT2D eigenvalue weighted by atomic mass is 35.5. The van der Waals surface area contributed by atoms with Gasteiger partial charge in [-0.05, 0) is 37.1 Å². The van der Waals surface area contributed by atoms with Gasteiger partial charge in [-0.2, -0.15) is 0 Å². The molecular formula is C15H20Cl2N2O. The number of rotatable bonds is 2. The number of carbonyl (C=O) groups is 1. The van der Waals surface area contributed by atoms with Crippen LogP contribution in [-0.4, -0.2) is 37.0 Å². The van der Waals surface area contributed by atoms with Crippen molar-refractivity contribution in [1.29, 1.82) is 0 Å². The molecule has 1 aromatic carbocycles. The van der Waals surface area contributed by atoms with Crippen molar-refractivity contribution in [2.45, 2.75) is 19.3 Å². The normalized spacial score (nSPS) is 24.9. The van der Waals surface area contributed by atoms with Gasteiger partial charge in [0.1, 0.15) is 0 Å². The van der Waals surface area contributed by atoms with E-state index < -0.39 is 0 Å². The second-order valence-corrected chi connectivity index (χ2v) is 6.24. The number of benzene rings is 1. The van der Waals surface area contributed by atoms with Gasteiger partial charge in [-0.25, -0.2) is 0 Å². The summed E-state index contributed by atoms with van der Waals surface area (Å²) in [6, 6.07) is 7.58. The minimum absolute atomic E-state index is 0. The fourth-order valence-electron chi connectivity index (χ4n) is 3.23. The molecule has 1 spiro atoms. The lowest BCUT2D eigenvalue weighted by Gasteiger charge is -2.22. The van der Waals surface area contributed by atoms with Gasteiger partial charge in [-0.3, -0.25) is 4.79 Å². The Bertz CT molecular complexity index is 487. The quantitative estimate of drug-likeness (QED) is 0.909. The largest absolute Gasteiger partial charge is 0.342 e. The van der Waals surface area contributed by atoms with Crippen LogP contribution in [0.2, 0.25) is 5.02 Å². The van der Waals surface area contributed by atoms with E-state index in [1.54, 1.807) is 0 Å². The zero-order valence-corrected chi connectivity index (χ0v) is 13.0. The number of amides is 1. The van der Waals surface area contributed by atoms with E-state index in [9.17, 15) is 4.79 Å². The summed E-state index contributed by atoms with van der Waals surface area (Å²) < 4.78 is 0. The van der Waals surface area contributed by atoms with Crippen LogP contribution in [0.4, 0.5) is 0 Å². The highest BCUT2D eigenvalue weighted by molar-refractivity contribution is 6.30. The van der Waals surface area contributed by atoms with Crippen molar-refractivity contribution in [1.82, 2.24) is 10.2 Å². The third-order valence-corrected chi connectivity index (χ3v) is 4.60. The van der Waals surface area contributed by atoms with Crippen LogP contribution in [0, 0.1) is 5.41 Å². The monoisotopic (exact) mass is 314 g/mol. The SMILES string of the molecule is Cl.O=C(Cc1cccc(Cl)c1)N1CCC2(CCNC2)C1. The van der Waals surface area contributed by atoms with Crippen molar-refractivity contribution in [2.75, 3.05) is 26.2 Å². The zero-order chi connectivity index (χ0) is 13.3. The van der Waals surface area contributed by atoms with E-state index >= 15 is 0 Å². The van der Waals surface area contributed by atoms with E-state index in [0.29, 0.717) is 16.9 Å². The van der Waals surface area contributed by atoms with Crippen LogP contribution in [0.5, 0.6) is 0 Å². The molecule has 2 aliphatic heterocycles. The molecule has 2 aliphatic rings. The van der Waals surface area contributed by atoms with Crippen molar-refractivity contribution < 1.29 is 4.79 Å². The maximum absolute atomic E-state index is 12.3. The summed E-state index contributed by atoms with van der Waals surface area (Å²) in [7, 11) is 0. The molecule has 2 saturated heterocycles. The average Bonchev–Trinajstić information content (AvgIpc) is 3.00. The number of carbonyl (C=O) groups excluding carboxylic acids is 1. The molecule has 2 heterocycles. The molecule has 0 radical (unpaired) electrons. The summed E-state index contributed by atoms with van der Waals surface area (Å²) >= 11 is 5.95. The summed E-state index contributed by atoms with van der Waals surface area (Å²) in [6.07, 6.45) is 2.80. The van der Waals surface area contributed by atoms with Gasteiger partial charge in [-0.15, -0.1) is 12.4 Å². The van der Waals surface area contributed by atoms with Crippen molar-refractivity contribution >= 4 is 29.9 Å². The van der Waals surface area contributed by atoms with Crippen LogP contribution < -0.4 is 5.32 Å². The highest BCUT2D eigenvalue weighted by Crippen LogP contribution is 2.36. The molecule has 0 aliphatic carbocycles. The molecule has 3 nitrogen and oxygen atoms in total. The van der Waals surface area contributed by atoms with Crippen LogP contribution in [0.15, 0.2) is 24.3 Å². The fraction of sp³-hybridized carbons (Fsp3) is 0.533. The third kappa shape index (κ3) is 3.27. The molecular weight excluding hydrogens is 295 g/mol. The summed E-state index contributed by atoms with van der Waals surface area (Å²) in [5.74, 6) is 0.228. The van der Waals surface area contributed by atoms with Gasteiger partial charge in [0.25, 0.3) is 0 Å². The number of halogens is 2. The maximum atomic E-state index is 12.3. The van der Waals surface area contributed by atoms with Crippen LogP contribution in [-0.2, 0) is 11.2 Å². The predicted molar refractivity (Wildman–Crippen MR) is 83.5 cm³/mol. The first-order valence-electron chi connectivity index (χ1n) is 6.90. The topological polar surface area (TPSA) is 32.3 Å². The van der Waals surface area contributed by atoms with Gasteiger partial charge < -0.3 is 10.2 Å². The van der Waals surface area contributed by atoms with E-state index in [4.69, 9.17) is 11.6 Å². The van der Waals surface area contributed by atoms with Crippen molar-refractivity contribution in [3.63, 3.8) is 0 Å². The van der Waals surface area contributed by atoms with E-state index in [1.165, 1.54) is 6.42 Å². The molecule has 1 N–H and O–H groups in total. The molecule has 1 amide bonds. The van der Waals surface area contributed by atoms with Crippen molar-refractivity contribution in [3.8, 4) is 0 Å². The second-order valence-electron chi connectivity index (χ2n) is 5.80. The molecule has 20 heavy (non-hydrogen) atoms. The summed E-state index contributed by atoms with van der Waals surface area (Å²) in [5, 5.41) is 4.11. The lowest BCUT2D eigenvalue weighted by Crippen LogP contribution is -2.34. The van der Waals surface area contributed by atoms with Crippen molar-refractivity contribution in [2.24, 2.45) is 5.41 Å². The molecule has 1 aromatic rings. The molecule has 2 fully saturated rings. The van der Waals surface area contributed by atoms with E-state index in [0.717, 1.165) is 38.2 Å². The van der Waals surface area contributed by atoms with E-state index in [2.05, 4.69) is 5.32 Å². The van der Waals surface area contributed by atoms with Gasteiger partial charge in [0.05, 0.1) is 6.42 Å². The van der Waals surface area contributed by atoms with Crippen LogP contribution in [0.3, 0.4) is 0 Å². The first-order valence-corrected chi connectivity index (χ1v) is 7.28. The molecule has 0 bridgehead atoms. The van der Waals surface area contributed by atoms with Gasteiger partial charge in [0, 0.05) is 30.1 Å². The molecule has 1 unspecified atom stereocenters. The Morgan fingerprint density at radius 1 is 1.40 bits per heavy atom. The minimum Gasteiger partial charge on any atom is -0.342 e. The van der Waals surface area contributed by atoms with Gasteiger partial charge in [0.15, 0.2) is 0 Å². The van der Waals surface area contributed by atoms with Crippen LogP contribution in [0.1, 0.15) is 18.4 Å². The molecule has 1 atom stereocenters. The molecule has 0 saturated carbocycles. The van der Waals surface area contributed by atoms with E-state index in [1.807, 2.05) is 29.2 Å². The molecule has 3 rings (SSSR count). The molecule has 110 valence electrons. The number of nitrogens with zero attached hydrogens (tertiary/aromatic N) is 1. The summed E-state index contributed by atoms with van der Waals surface area (Å²) in [5.41, 5.74) is 1.35. The van der Waals surface area contributed by atoms with Gasteiger partial charge in [0.2, 0.25) is 5.91 Å². The maximum Gasteiger partial charge on any atom is 0.227 e. The number of nitrogens with one attached hydrogen (secondary N) is 1. The molecule has 5 heteroatoms. The predicted octanol–water partition coefficient (Wildman–Crippen LogP) is 2.52. The Hall–Kier alpha value is -0.770. The first kappa shape index (κ1) is 15.6. The molecule has 0 aromatic heterocycles. The lowest BCUT2D eigenvalue weighted by atomic mass is 9.86. The summed E-state index contributed by atoms with van der Waals surface area (Å²) in [4.78, 5) is 14.4. The second kappa shape index (κ2) is 6.33. The van der Waals surface area contributed by atoms with Gasteiger partial charge >= 0.3 is 0 Å². The van der Waals surface area contributed by atoms with Crippen LogP contribution >= 0.6 is 24.0 Å². The summed E-state index contributed by atoms with van der Waals surface area (Å²) in [6.45, 7) is 3.98. The Labute approximate surface area is 131 Å². The van der Waals surface area contributed by atoms with Crippen LogP contribution in [0.25, 0.3) is 0 Å². The fourth-order valence-corrected chi connectivity index (χ4v) is 3.44. The lowest BCUT2D eigenvalue weighted by molar-refractivity contribution is -0.129. The number of likely N-dealkylation sites (tertiary alicyclic amines) is 1. The Kier molecular flexibility index (Phi) is 4.95. The number of hydrogen-bond donors (Lipinski definition) is 1. The Morgan fingerprint density at radius 2 is 2.25 bits per heavy atom. The zero-order valence-electron chi connectivity index (χ0n) is 11.4. The standard InChI is InChI=1S/C15H19ClN2O.ClH/c16-13-3-1-2-12(8-13)9-14(19)18-7-5-15(11-18)4-6-17-10-15;/h1-3,8,17H,4-7,9-11H2;1H. The van der Waals surface area contributed by atoms with Gasteiger partial charge in [-0.1, -0.05) is 23.7 Å². The Balaban J connectivity index is 0.00000147. The van der Waals surface area contributed by atoms with Crippen molar-refractivity contribution in [3.05, 3.63) is 34.9 Å². The third-order valence-electron chi connectivity index (χ3n) is 4.37. The Morgan fingerprint density at radius 3 is 2.95 bits per heavy atom. The average molecular weight is 315 g/mol. The smallest absolute Gasteiger partial charge is 0.227 e. The first-order chi connectivity index (χ1) is 9.17. The van der Waals surface area contributed by atoms with E-state index in [-0.39, 0.29) is 18.3 Å². The number of hydrogen-bond acceptors (Lipinski definition) is 2. The minimum atomic E-state index is 0. The highest BCUT2D eigenvalue weighted by Gasteiger charge is 2.41.